The molecule has 0 heterocycles. The highest BCUT2D eigenvalue weighted by molar-refractivity contribution is 7.99. The maximum absolute atomic E-state index is 12.1. The summed E-state index contributed by atoms with van der Waals surface area (Å²) in [6, 6.07) is 14.8. The molecular weight excluding hydrogens is 325 g/mol. The van der Waals surface area contributed by atoms with Gasteiger partial charge in [0.25, 0.3) is 0 Å². The molecule has 0 saturated heterocycles. The van der Waals surface area contributed by atoms with Crippen molar-refractivity contribution in [2.45, 2.75) is 17.9 Å². The number of hydrogen-bond acceptors (Lipinski definition) is 2. The van der Waals surface area contributed by atoms with Crippen LogP contribution in [-0.2, 0) is 10.5 Å². The van der Waals surface area contributed by atoms with E-state index in [1.165, 1.54) is 0 Å². The standard InChI is InChI=1S/C16H15Cl2NOS/c1-11(21-10-12-5-7-13(17)8-6-12)16(20)19-15-4-2-3-14(18)9-15/h2-9,11H,10H2,1H3,(H,19,20). The topological polar surface area (TPSA) is 29.1 Å². The molecule has 0 saturated carbocycles. The van der Waals surface area contributed by atoms with Gasteiger partial charge in [-0.15, -0.1) is 11.8 Å². The largest absolute Gasteiger partial charge is 0.325 e. The summed E-state index contributed by atoms with van der Waals surface area (Å²) >= 11 is 13.3. The van der Waals surface area contributed by atoms with E-state index in [0.29, 0.717) is 10.7 Å². The Morgan fingerprint density at radius 1 is 1.14 bits per heavy atom. The molecule has 0 bridgehead atoms. The molecule has 110 valence electrons. The Balaban J connectivity index is 1.86. The molecule has 0 aliphatic carbocycles. The molecule has 21 heavy (non-hydrogen) atoms. The van der Waals surface area contributed by atoms with E-state index in [1.807, 2.05) is 43.3 Å². The van der Waals surface area contributed by atoms with Crippen molar-refractivity contribution in [2.75, 3.05) is 5.32 Å². The Labute approximate surface area is 138 Å². The molecule has 0 spiro atoms. The third kappa shape index (κ3) is 5.27. The normalized spacial score (nSPS) is 12.0. The number of hydrogen-bond donors (Lipinski definition) is 1. The molecule has 1 N–H and O–H groups in total. The van der Waals surface area contributed by atoms with Crippen molar-refractivity contribution >= 4 is 46.6 Å². The van der Waals surface area contributed by atoms with Crippen molar-refractivity contribution in [1.29, 1.82) is 0 Å². The highest BCUT2D eigenvalue weighted by Gasteiger charge is 2.13. The first-order valence-electron chi connectivity index (χ1n) is 6.47. The second kappa shape index (κ2) is 7.74. The predicted molar refractivity (Wildman–Crippen MR) is 92.3 cm³/mol. The van der Waals surface area contributed by atoms with E-state index >= 15 is 0 Å². The van der Waals surface area contributed by atoms with E-state index in [0.717, 1.165) is 16.3 Å². The maximum Gasteiger partial charge on any atom is 0.237 e. The molecule has 2 rings (SSSR count). The summed E-state index contributed by atoms with van der Waals surface area (Å²) in [6.07, 6.45) is 0. The van der Waals surface area contributed by atoms with Gasteiger partial charge in [0.2, 0.25) is 5.91 Å². The minimum atomic E-state index is -0.153. The number of anilines is 1. The molecule has 2 nitrogen and oxygen atoms in total. The van der Waals surface area contributed by atoms with Crippen LogP contribution in [-0.4, -0.2) is 11.2 Å². The van der Waals surface area contributed by atoms with Crippen LogP contribution in [0.15, 0.2) is 48.5 Å². The lowest BCUT2D eigenvalue weighted by Gasteiger charge is -2.12. The Morgan fingerprint density at radius 2 is 1.86 bits per heavy atom. The van der Waals surface area contributed by atoms with Gasteiger partial charge in [-0.3, -0.25) is 4.79 Å². The summed E-state index contributed by atoms with van der Waals surface area (Å²) < 4.78 is 0. The fourth-order valence-electron chi connectivity index (χ4n) is 1.69. The van der Waals surface area contributed by atoms with Gasteiger partial charge < -0.3 is 5.32 Å². The fraction of sp³-hybridized carbons (Fsp3) is 0.188. The first kappa shape index (κ1) is 16.2. The number of amides is 1. The van der Waals surface area contributed by atoms with Crippen LogP contribution in [0.25, 0.3) is 0 Å². The zero-order valence-electron chi connectivity index (χ0n) is 11.5. The zero-order chi connectivity index (χ0) is 15.2. The quantitative estimate of drug-likeness (QED) is 0.805. The zero-order valence-corrected chi connectivity index (χ0v) is 13.8. The third-order valence-corrected chi connectivity index (χ3v) is 4.58. The van der Waals surface area contributed by atoms with Gasteiger partial charge in [-0.2, -0.15) is 0 Å². The van der Waals surface area contributed by atoms with E-state index in [-0.39, 0.29) is 11.2 Å². The van der Waals surface area contributed by atoms with Crippen molar-refractivity contribution in [3.8, 4) is 0 Å². The smallest absolute Gasteiger partial charge is 0.237 e. The second-order valence-corrected chi connectivity index (χ2v) is 6.78. The second-order valence-electron chi connectivity index (χ2n) is 4.58. The van der Waals surface area contributed by atoms with Gasteiger partial charge in [0.1, 0.15) is 0 Å². The van der Waals surface area contributed by atoms with Crippen LogP contribution >= 0.6 is 35.0 Å². The lowest BCUT2D eigenvalue weighted by Crippen LogP contribution is -2.22. The monoisotopic (exact) mass is 339 g/mol. The van der Waals surface area contributed by atoms with Crippen molar-refractivity contribution < 1.29 is 4.79 Å². The molecule has 2 aromatic carbocycles. The van der Waals surface area contributed by atoms with Gasteiger partial charge >= 0.3 is 0 Å². The predicted octanol–water partition coefficient (Wildman–Crippen LogP) is 5.25. The average molecular weight is 340 g/mol. The van der Waals surface area contributed by atoms with E-state index in [2.05, 4.69) is 5.32 Å². The summed E-state index contributed by atoms with van der Waals surface area (Å²) in [4.78, 5) is 12.1. The summed E-state index contributed by atoms with van der Waals surface area (Å²) in [5, 5.41) is 4.03. The molecule has 2 aromatic rings. The molecule has 1 unspecified atom stereocenters. The molecule has 1 amide bonds. The van der Waals surface area contributed by atoms with Gasteiger partial charge in [-0.25, -0.2) is 0 Å². The summed E-state index contributed by atoms with van der Waals surface area (Å²) in [6.45, 7) is 1.89. The van der Waals surface area contributed by atoms with Crippen LogP contribution in [0.2, 0.25) is 10.0 Å². The van der Waals surface area contributed by atoms with Crippen molar-refractivity contribution in [1.82, 2.24) is 0 Å². The molecule has 1 atom stereocenters. The molecule has 0 fully saturated rings. The lowest BCUT2D eigenvalue weighted by molar-refractivity contribution is -0.115. The Hall–Kier alpha value is -1.16. The Kier molecular flexibility index (Phi) is 5.97. The third-order valence-electron chi connectivity index (χ3n) is 2.87. The minimum Gasteiger partial charge on any atom is -0.325 e. The number of benzene rings is 2. The van der Waals surface area contributed by atoms with Crippen LogP contribution in [0.5, 0.6) is 0 Å². The molecule has 0 aromatic heterocycles. The van der Waals surface area contributed by atoms with Crippen LogP contribution in [0.4, 0.5) is 5.69 Å². The van der Waals surface area contributed by atoms with Crippen LogP contribution in [0, 0.1) is 0 Å². The number of thioether (sulfide) groups is 1. The SMILES string of the molecule is CC(SCc1ccc(Cl)cc1)C(=O)Nc1cccc(Cl)c1. The van der Waals surface area contributed by atoms with Crippen LogP contribution in [0.3, 0.4) is 0 Å². The molecule has 0 aliphatic heterocycles. The number of carbonyl (C=O) groups is 1. The molecule has 5 heteroatoms. The maximum atomic E-state index is 12.1. The summed E-state index contributed by atoms with van der Waals surface area (Å²) in [5.74, 6) is 0.734. The molecule has 0 aliphatic rings. The first-order chi connectivity index (χ1) is 10.0. The first-order valence-corrected chi connectivity index (χ1v) is 8.27. The summed E-state index contributed by atoms with van der Waals surface area (Å²) in [5.41, 5.74) is 1.86. The van der Waals surface area contributed by atoms with Crippen LogP contribution < -0.4 is 5.32 Å². The van der Waals surface area contributed by atoms with Gasteiger partial charge in [0.15, 0.2) is 0 Å². The van der Waals surface area contributed by atoms with Gasteiger partial charge in [-0.05, 0) is 42.8 Å². The Morgan fingerprint density at radius 3 is 2.52 bits per heavy atom. The lowest BCUT2D eigenvalue weighted by atomic mass is 10.2. The van der Waals surface area contributed by atoms with Crippen molar-refractivity contribution in [3.63, 3.8) is 0 Å². The van der Waals surface area contributed by atoms with Gasteiger partial charge in [0, 0.05) is 21.5 Å². The average Bonchev–Trinajstić information content (AvgIpc) is 2.46. The van der Waals surface area contributed by atoms with E-state index < -0.39 is 0 Å². The molecular formula is C16H15Cl2NOS. The van der Waals surface area contributed by atoms with E-state index in [1.54, 1.807) is 23.9 Å². The fourth-order valence-corrected chi connectivity index (χ4v) is 2.85. The van der Waals surface area contributed by atoms with Crippen LogP contribution in [0.1, 0.15) is 12.5 Å². The highest BCUT2D eigenvalue weighted by atomic mass is 35.5. The number of rotatable bonds is 5. The van der Waals surface area contributed by atoms with Crippen molar-refractivity contribution in [2.24, 2.45) is 0 Å². The minimum absolute atomic E-state index is 0.0313. The van der Waals surface area contributed by atoms with Gasteiger partial charge in [0.05, 0.1) is 5.25 Å². The van der Waals surface area contributed by atoms with E-state index in [9.17, 15) is 4.79 Å². The highest BCUT2D eigenvalue weighted by Crippen LogP contribution is 2.21. The Bertz CT molecular complexity index is 616. The number of carbonyl (C=O) groups excluding carboxylic acids is 1. The molecule has 0 radical (unpaired) electrons. The number of halogens is 2. The summed E-state index contributed by atoms with van der Waals surface area (Å²) in [7, 11) is 0. The van der Waals surface area contributed by atoms with Crippen molar-refractivity contribution in [3.05, 3.63) is 64.1 Å². The number of nitrogens with one attached hydrogen (secondary N) is 1. The van der Waals surface area contributed by atoms with E-state index in [4.69, 9.17) is 23.2 Å². The van der Waals surface area contributed by atoms with Gasteiger partial charge in [-0.1, -0.05) is 41.4 Å².